The summed E-state index contributed by atoms with van der Waals surface area (Å²) in [4.78, 5) is 3.25. The Labute approximate surface area is 101 Å². The topological polar surface area (TPSA) is 38.9 Å². The monoisotopic (exact) mass is 352 g/mol. The minimum absolute atomic E-state index is 0.225. The smallest absolute Gasteiger partial charge is 0.325 e. The Morgan fingerprint density at radius 2 is 1.94 bits per heavy atom. The molecule has 0 aliphatic rings. The standard InChI is InChI=1S/C8H6F5IN2/c9-7(10)6-4(14)1-3(8(11,12)13)5(2-15)16-6/h1,7H,2,15H2. The summed E-state index contributed by atoms with van der Waals surface area (Å²) >= 11 is 1.39. The van der Waals surface area contributed by atoms with E-state index in [2.05, 4.69) is 4.98 Å². The van der Waals surface area contributed by atoms with Gasteiger partial charge in [-0.3, -0.25) is 0 Å². The Morgan fingerprint density at radius 1 is 1.38 bits per heavy atom. The highest BCUT2D eigenvalue weighted by Crippen LogP contribution is 2.34. The second-order valence-electron chi connectivity index (χ2n) is 2.85. The largest absolute Gasteiger partial charge is 0.418 e. The van der Waals surface area contributed by atoms with Gasteiger partial charge in [0.2, 0.25) is 0 Å². The van der Waals surface area contributed by atoms with Crippen molar-refractivity contribution < 1.29 is 22.0 Å². The first kappa shape index (κ1) is 13.6. The van der Waals surface area contributed by atoms with Crippen molar-refractivity contribution in [3.8, 4) is 0 Å². The maximum absolute atomic E-state index is 12.5. The molecular formula is C8H6F5IN2. The van der Waals surface area contributed by atoms with Crippen LogP contribution in [0.5, 0.6) is 0 Å². The van der Waals surface area contributed by atoms with Crippen LogP contribution in [0.15, 0.2) is 6.07 Å². The van der Waals surface area contributed by atoms with Crippen molar-refractivity contribution in [2.75, 3.05) is 0 Å². The minimum atomic E-state index is -4.64. The van der Waals surface area contributed by atoms with Crippen LogP contribution < -0.4 is 5.73 Å². The van der Waals surface area contributed by atoms with Crippen LogP contribution in [0.3, 0.4) is 0 Å². The average Bonchev–Trinajstić information content (AvgIpc) is 2.15. The molecule has 1 aromatic heterocycles. The van der Waals surface area contributed by atoms with Crippen LogP contribution in [0.25, 0.3) is 0 Å². The highest BCUT2D eigenvalue weighted by molar-refractivity contribution is 14.1. The van der Waals surface area contributed by atoms with Crippen molar-refractivity contribution in [3.05, 3.63) is 26.6 Å². The summed E-state index contributed by atoms with van der Waals surface area (Å²) in [6.45, 7) is -0.536. The van der Waals surface area contributed by atoms with E-state index in [1.54, 1.807) is 0 Å². The van der Waals surface area contributed by atoms with E-state index in [-0.39, 0.29) is 3.57 Å². The summed E-state index contributed by atoms with van der Waals surface area (Å²) in [7, 11) is 0. The summed E-state index contributed by atoms with van der Waals surface area (Å²) in [6, 6.07) is 0.636. The molecule has 1 rings (SSSR count). The predicted molar refractivity (Wildman–Crippen MR) is 54.8 cm³/mol. The SMILES string of the molecule is NCc1nc(C(F)F)c(I)cc1C(F)(F)F. The van der Waals surface area contributed by atoms with E-state index in [1.807, 2.05) is 0 Å². The van der Waals surface area contributed by atoms with Crippen LogP contribution in [0, 0.1) is 3.57 Å². The molecule has 2 nitrogen and oxygen atoms in total. The molecule has 0 spiro atoms. The fourth-order valence-electron chi connectivity index (χ4n) is 1.10. The van der Waals surface area contributed by atoms with Crippen molar-refractivity contribution in [3.63, 3.8) is 0 Å². The van der Waals surface area contributed by atoms with E-state index in [0.29, 0.717) is 6.07 Å². The van der Waals surface area contributed by atoms with E-state index in [4.69, 9.17) is 5.73 Å². The zero-order chi connectivity index (χ0) is 12.5. The Bertz CT molecular complexity index is 391. The summed E-state index contributed by atoms with van der Waals surface area (Å²) < 4.78 is 61.9. The first-order valence-corrected chi connectivity index (χ1v) is 5.10. The van der Waals surface area contributed by atoms with Crippen molar-refractivity contribution >= 4 is 22.6 Å². The molecule has 0 saturated carbocycles. The molecule has 0 aliphatic heterocycles. The molecule has 0 bridgehead atoms. The lowest BCUT2D eigenvalue weighted by molar-refractivity contribution is -0.138. The number of alkyl halides is 5. The number of nitrogens with zero attached hydrogens (tertiary/aromatic N) is 1. The molecule has 16 heavy (non-hydrogen) atoms. The Balaban J connectivity index is 3.38. The van der Waals surface area contributed by atoms with Gasteiger partial charge in [-0.25, -0.2) is 13.8 Å². The van der Waals surface area contributed by atoms with Crippen molar-refractivity contribution in [2.45, 2.75) is 19.1 Å². The van der Waals surface area contributed by atoms with Crippen molar-refractivity contribution in [1.29, 1.82) is 0 Å². The Morgan fingerprint density at radius 3 is 2.31 bits per heavy atom. The van der Waals surface area contributed by atoms with Gasteiger partial charge in [0, 0.05) is 10.1 Å². The number of hydrogen-bond acceptors (Lipinski definition) is 2. The Kier molecular flexibility index (Phi) is 4.05. The third-order valence-corrected chi connectivity index (χ3v) is 2.65. The lowest BCUT2D eigenvalue weighted by atomic mass is 10.1. The zero-order valence-electron chi connectivity index (χ0n) is 7.65. The molecule has 0 saturated heterocycles. The highest BCUT2D eigenvalue weighted by atomic mass is 127. The number of rotatable bonds is 2. The van der Waals surface area contributed by atoms with Crippen LogP contribution >= 0.6 is 22.6 Å². The maximum Gasteiger partial charge on any atom is 0.418 e. The van der Waals surface area contributed by atoms with Crippen molar-refractivity contribution in [2.24, 2.45) is 5.73 Å². The molecule has 90 valence electrons. The lowest BCUT2D eigenvalue weighted by Crippen LogP contribution is -2.16. The quantitative estimate of drug-likeness (QED) is 0.656. The fourth-order valence-corrected chi connectivity index (χ4v) is 1.76. The van der Waals surface area contributed by atoms with Crippen molar-refractivity contribution in [1.82, 2.24) is 4.98 Å². The second kappa shape index (κ2) is 4.78. The van der Waals surface area contributed by atoms with Gasteiger partial charge in [0.1, 0.15) is 5.69 Å². The van der Waals surface area contributed by atoms with E-state index in [0.717, 1.165) is 0 Å². The minimum Gasteiger partial charge on any atom is -0.325 e. The van der Waals surface area contributed by atoms with Crippen LogP contribution in [-0.4, -0.2) is 4.98 Å². The number of hydrogen-bond donors (Lipinski definition) is 1. The van der Waals surface area contributed by atoms with Gasteiger partial charge in [0.25, 0.3) is 6.43 Å². The first-order valence-electron chi connectivity index (χ1n) is 4.02. The molecule has 8 heteroatoms. The third kappa shape index (κ3) is 2.78. The van der Waals surface area contributed by atoms with E-state index >= 15 is 0 Å². The lowest BCUT2D eigenvalue weighted by Gasteiger charge is -2.13. The number of aromatic nitrogens is 1. The van der Waals surface area contributed by atoms with Crippen LogP contribution in [0.1, 0.15) is 23.4 Å². The average molecular weight is 352 g/mol. The number of halogens is 6. The second-order valence-corrected chi connectivity index (χ2v) is 4.01. The van der Waals surface area contributed by atoms with Crippen LogP contribution in [0.4, 0.5) is 22.0 Å². The molecule has 0 unspecified atom stereocenters. The maximum atomic E-state index is 12.5. The summed E-state index contributed by atoms with van der Waals surface area (Å²) in [6.07, 6.45) is -7.55. The van der Waals surface area contributed by atoms with Gasteiger partial charge >= 0.3 is 6.18 Å². The van der Waals surface area contributed by atoms with E-state index in [9.17, 15) is 22.0 Å². The summed E-state index contributed by atoms with van der Waals surface area (Å²) in [5.41, 5.74) is 2.75. The van der Waals surface area contributed by atoms with Gasteiger partial charge in [-0.2, -0.15) is 13.2 Å². The van der Waals surface area contributed by atoms with Gasteiger partial charge in [-0.15, -0.1) is 0 Å². The highest BCUT2D eigenvalue weighted by Gasteiger charge is 2.35. The zero-order valence-corrected chi connectivity index (χ0v) is 9.81. The van der Waals surface area contributed by atoms with Gasteiger partial charge < -0.3 is 5.73 Å². The molecule has 0 amide bonds. The fraction of sp³-hybridized carbons (Fsp3) is 0.375. The first-order chi connectivity index (χ1) is 7.27. The molecule has 1 aromatic rings. The molecule has 0 aliphatic carbocycles. The summed E-state index contributed by atoms with van der Waals surface area (Å²) in [5, 5.41) is 0. The van der Waals surface area contributed by atoms with Gasteiger partial charge in [0.05, 0.1) is 11.3 Å². The third-order valence-electron chi connectivity index (χ3n) is 1.79. The molecule has 0 fully saturated rings. The van der Waals surface area contributed by atoms with E-state index in [1.165, 1.54) is 22.6 Å². The van der Waals surface area contributed by atoms with Gasteiger partial charge in [0.15, 0.2) is 0 Å². The number of nitrogens with two attached hydrogens (primary N) is 1. The Hall–Kier alpha value is -0.510. The number of pyridine rings is 1. The van der Waals surface area contributed by atoms with Crippen LogP contribution in [-0.2, 0) is 12.7 Å². The molecule has 0 aromatic carbocycles. The van der Waals surface area contributed by atoms with Gasteiger partial charge in [-0.05, 0) is 28.7 Å². The molecular weight excluding hydrogens is 346 g/mol. The molecule has 0 atom stereocenters. The normalized spacial score (nSPS) is 12.2. The van der Waals surface area contributed by atoms with E-state index < -0.39 is 36.1 Å². The van der Waals surface area contributed by atoms with Gasteiger partial charge in [-0.1, -0.05) is 0 Å². The molecule has 1 heterocycles. The molecule has 0 radical (unpaired) electrons. The summed E-state index contributed by atoms with van der Waals surface area (Å²) in [5.74, 6) is 0. The predicted octanol–water partition coefficient (Wildman–Crippen LogP) is 3.10. The molecule has 2 N–H and O–H groups in total. The van der Waals surface area contributed by atoms with Crippen LogP contribution in [0.2, 0.25) is 0 Å².